The fraction of sp³-hybridized carbons (Fsp3) is 0.188. The number of ether oxygens (including phenoxy) is 3. The Morgan fingerprint density at radius 1 is 1.14 bits per heavy atom. The van der Waals surface area contributed by atoms with Gasteiger partial charge in [0.15, 0.2) is 0 Å². The molecule has 0 bridgehead atoms. The van der Waals surface area contributed by atoms with Crippen LogP contribution in [-0.2, 0) is 4.74 Å². The van der Waals surface area contributed by atoms with E-state index in [0.717, 1.165) is 0 Å². The predicted molar refractivity (Wildman–Crippen MR) is 82.5 cm³/mol. The first-order valence-electron chi connectivity index (χ1n) is 6.64. The molecule has 0 spiro atoms. The first kappa shape index (κ1) is 14.5. The van der Waals surface area contributed by atoms with Crippen LogP contribution in [0.15, 0.2) is 36.4 Å². The average Bonchev–Trinajstić information content (AvgIpc) is 2.40. The van der Waals surface area contributed by atoms with Crippen molar-refractivity contribution in [1.29, 1.82) is 0 Å². The van der Waals surface area contributed by atoms with E-state index >= 15 is 0 Å². The van der Waals surface area contributed by atoms with Gasteiger partial charge in [0, 0.05) is 18.9 Å². The maximum atomic E-state index is 12.2. The minimum atomic E-state index is -1.01. The molecule has 0 unspecified atom stereocenters. The summed E-state index contributed by atoms with van der Waals surface area (Å²) in [7, 11) is 0. The number of hydrogen-bond donors (Lipinski definition) is 1. The van der Waals surface area contributed by atoms with Crippen LogP contribution in [0.3, 0.4) is 0 Å². The van der Waals surface area contributed by atoms with Gasteiger partial charge in [0.1, 0.15) is 22.8 Å². The molecule has 0 atom stereocenters. The van der Waals surface area contributed by atoms with E-state index in [4.69, 9.17) is 31.5 Å². The Kier molecular flexibility index (Phi) is 3.37. The highest BCUT2D eigenvalue weighted by Gasteiger charge is 2.36. The number of carbonyl (C=O) groups is 1. The monoisotopic (exact) mass is 319 g/mol. The molecule has 5 nitrogen and oxygen atoms in total. The smallest absolute Gasteiger partial charge is 0.349 e. The van der Waals surface area contributed by atoms with Crippen molar-refractivity contribution in [3.05, 3.63) is 47.0 Å². The van der Waals surface area contributed by atoms with E-state index in [2.05, 4.69) is 0 Å². The summed E-state index contributed by atoms with van der Waals surface area (Å²) in [5.74, 6) is -0.398. The van der Waals surface area contributed by atoms with Gasteiger partial charge in [-0.05, 0) is 30.3 Å². The lowest BCUT2D eigenvalue weighted by Gasteiger charge is -2.32. The van der Waals surface area contributed by atoms with Crippen molar-refractivity contribution in [2.75, 3.05) is 5.73 Å². The molecule has 1 aliphatic rings. The molecule has 0 aromatic heterocycles. The number of nitrogen functional groups attached to an aromatic ring is 1. The van der Waals surface area contributed by atoms with E-state index in [1.54, 1.807) is 50.2 Å². The molecule has 1 heterocycles. The third-order valence-corrected chi connectivity index (χ3v) is 3.31. The Morgan fingerprint density at radius 3 is 2.64 bits per heavy atom. The topological polar surface area (TPSA) is 70.8 Å². The summed E-state index contributed by atoms with van der Waals surface area (Å²) in [5.41, 5.74) is 6.47. The predicted octanol–water partition coefficient (Wildman–Crippen LogP) is 4.00. The van der Waals surface area contributed by atoms with Gasteiger partial charge in [-0.2, -0.15) is 0 Å². The van der Waals surface area contributed by atoms with Crippen LogP contribution in [0.25, 0.3) is 0 Å². The molecule has 2 aromatic carbocycles. The number of rotatable bonds is 2. The zero-order chi connectivity index (χ0) is 15.9. The molecule has 3 rings (SSSR count). The van der Waals surface area contributed by atoms with E-state index in [1.165, 1.54) is 0 Å². The van der Waals surface area contributed by atoms with Crippen molar-refractivity contribution in [3.63, 3.8) is 0 Å². The van der Waals surface area contributed by atoms with E-state index < -0.39 is 11.8 Å². The average molecular weight is 320 g/mol. The Morgan fingerprint density at radius 2 is 1.91 bits per heavy atom. The summed E-state index contributed by atoms with van der Waals surface area (Å²) >= 11 is 5.86. The van der Waals surface area contributed by atoms with Crippen molar-refractivity contribution in [1.82, 2.24) is 0 Å². The molecular weight excluding hydrogens is 306 g/mol. The Bertz CT molecular complexity index is 758. The van der Waals surface area contributed by atoms with Crippen molar-refractivity contribution < 1.29 is 19.0 Å². The quantitative estimate of drug-likeness (QED) is 0.669. The van der Waals surface area contributed by atoms with Gasteiger partial charge in [-0.1, -0.05) is 17.7 Å². The van der Waals surface area contributed by atoms with Crippen molar-refractivity contribution in [2.24, 2.45) is 0 Å². The zero-order valence-corrected chi connectivity index (χ0v) is 12.8. The van der Waals surface area contributed by atoms with Crippen LogP contribution < -0.4 is 15.2 Å². The number of hydrogen-bond acceptors (Lipinski definition) is 5. The summed E-state index contributed by atoms with van der Waals surface area (Å²) in [6.07, 6.45) is 0. The SMILES string of the molecule is CC1(C)OC(=O)c2c(Oc3ccc(Cl)cc3N)cccc2O1. The first-order chi connectivity index (χ1) is 10.4. The Labute approximate surface area is 132 Å². The fourth-order valence-electron chi connectivity index (χ4n) is 2.17. The lowest BCUT2D eigenvalue weighted by Crippen LogP contribution is -2.38. The number of carbonyl (C=O) groups excluding carboxylic acids is 1. The van der Waals surface area contributed by atoms with Crippen LogP contribution >= 0.6 is 11.6 Å². The third kappa shape index (κ3) is 2.67. The maximum absolute atomic E-state index is 12.2. The van der Waals surface area contributed by atoms with Gasteiger partial charge in [-0.3, -0.25) is 0 Å². The molecule has 1 aliphatic heterocycles. The number of nitrogens with two attached hydrogens (primary N) is 1. The highest BCUT2D eigenvalue weighted by atomic mass is 35.5. The Hall–Kier alpha value is -2.40. The lowest BCUT2D eigenvalue weighted by atomic mass is 10.1. The molecule has 0 saturated carbocycles. The van der Waals surface area contributed by atoms with Crippen LogP contribution in [0.2, 0.25) is 5.02 Å². The molecule has 2 N–H and O–H groups in total. The summed E-state index contributed by atoms with van der Waals surface area (Å²) in [6, 6.07) is 9.93. The van der Waals surface area contributed by atoms with Crippen molar-refractivity contribution >= 4 is 23.3 Å². The minimum absolute atomic E-state index is 0.233. The molecule has 6 heteroatoms. The second kappa shape index (κ2) is 5.10. The summed E-state index contributed by atoms with van der Waals surface area (Å²) in [5, 5.41) is 0.504. The van der Waals surface area contributed by atoms with Crippen molar-refractivity contribution in [2.45, 2.75) is 19.6 Å². The first-order valence-corrected chi connectivity index (χ1v) is 7.02. The normalized spacial score (nSPS) is 15.5. The Balaban J connectivity index is 2.01. The van der Waals surface area contributed by atoms with Crippen LogP contribution in [0.5, 0.6) is 17.2 Å². The molecule has 0 aliphatic carbocycles. The second-order valence-corrected chi connectivity index (χ2v) is 5.74. The molecule has 2 aromatic rings. The standard InChI is InChI=1S/C16H14ClNO4/c1-16(2)21-13-5-3-4-12(14(13)15(19)22-16)20-11-7-6-9(17)8-10(11)18/h3-8H,18H2,1-2H3. The van der Waals surface area contributed by atoms with Crippen LogP contribution in [0, 0.1) is 0 Å². The molecule has 114 valence electrons. The summed E-state index contributed by atoms with van der Waals surface area (Å²) in [6.45, 7) is 3.33. The zero-order valence-electron chi connectivity index (χ0n) is 12.1. The summed E-state index contributed by atoms with van der Waals surface area (Å²) < 4.78 is 16.6. The molecule has 0 amide bonds. The number of benzene rings is 2. The van der Waals surface area contributed by atoms with Gasteiger partial charge in [-0.25, -0.2) is 4.79 Å². The second-order valence-electron chi connectivity index (χ2n) is 5.30. The number of fused-ring (bicyclic) bond motifs is 1. The van der Waals surface area contributed by atoms with Crippen LogP contribution in [-0.4, -0.2) is 11.8 Å². The number of anilines is 1. The molecule has 0 radical (unpaired) electrons. The lowest BCUT2D eigenvalue weighted by molar-refractivity contribution is -0.127. The number of halogens is 1. The molecular formula is C16H14ClNO4. The molecule has 22 heavy (non-hydrogen) atoms. The largest absolute Gasteiger partial charge is 0.454 e. The van der Waals surface area contributed by atoms with Gasteiger partial charge in [-0.15, -0.1) is 0 Å². The van der Waals surface area contributed by atoms with E-state index in [1.807, 2.05) is 0 Å². The van der Waals surface area contributed by atoms with Crippen molar-refractivity contribution in [3.8, 4) is 17.2 Å². The van der Waals surface area contributed by atoms with Gasteiger partial charge in [0.25, 0.3) is 0 Å². The van der Waals surface area contributed by atoms with Gasteiger partial charge < -0.3 is 19.9 Å². The van der Waals surface area contributed by atoms with Crippen LogP contribution in [0.1, 0.15) is 24.2 Å². The van der Waals surface area contributed by atoms with E-state index in [-0.39, 0.29) is 5.56 Å². The summed E-state index contributed by atoms with van der Waals surface area (Å²) in [4.78, 5) is 12.2. The van der Waals surface area contributed by atoms with Gasteiger partial charge in [0.05, 0.1) is 5.69 Å². The minimum Gasteiger partial charge on any atom is -0.454 e. The van der Waals surface area contributed by atoms with Crippen LogP contribution in [0.4, 0.5) is 5.69 Å². The fourth-order valence-corrected chi connectivity index (χ4v) is 2.35. The number of cyclic esters (lactones) is 1. The molecule has 0 saturated heterocycles. The molecule has 0 fully saturated rings. The van der Waals surface area contributed by atoms with E-state index in [9.17, 15) is 4.79 Å². The van der Waals surface area contributed by atoms with E-state index in [0.29, 0.717) is 28.0 Å². The number of esters is 1. The van der Waals surface area contributed by atoms with Gasteiger partial charge in [0.2, 0.25) is 5.79 Å². The highest BCUT2D eigenvalue weighted by molar-refractivity contribution is 6.30. The maximum Gasteiger partial charge on any atom is 0.349 e. The third-order valence-electron chi connectivity index (χ3n) is 3.08. The van der Waals surface area contributed by atoms with Gasteiger partial charge >= 0.3 is 5.97 Å². The highest BCUT2D eigenvalue weighted by Crippen LogP contribution is 2.39.